The molecule has 0 amide bonds. The van der Waals surface area contributed by atoms with Crippen LogP contribution in [0.25, 0.3) is 0 Å². The number of amidine groups is 1. The second-order valence-electron chi connectivity index (χ2n) is 4.34. The number of nitrogens with two attached hydrogens (primary N) is 1. The van der Waals surface area contributed by atoms with Crippen LogP contribution < -0.4 is 5.73 Å². The maximum atomic E-state index is 7.36. The molecular weight excluding hydrogens is 268 g/mol. The summed E-state index contributed by atoms with van der Waals surface area (Å²) in [5.41, 5.74) is 7.22. The van der Waals surface area contributed by atoms with E-state index in [0.717, 1.165) is 37.4 Å². The van der Waals surface area contributed by atoms with Crippen molar-refractivity contribution in [2.24, 2.45) is 5.73 Å². The fourth-order valence-corrected chi connectivity index (χ4v) is 3.40. The van der Waals surface area contributed by atoms with Crippen molar-refractivity contribution in [3.63, 3.8) is 0 Å². The summed E-state index contributed by atoms with van der Waals surface area (Å²) in [5, 5.41) is 8.73. The second kappa shape index (κ2) is 6.45. The highest BCUT2D eigenvalue weighted by Gasteiger charge is 2.14. The van der Waals surface area contributed by atoms with Gasteiger partial charge in [0.1, 0.15) is 5.84 Å². The molecule has 3 nitrogen and oxygen atoms in total. The SMILES string of the molecule is N=C(N)c1ccc(CSC2CCOCC2)c(Cl)c1. The second-order valence-corrected chi connectivity index (χ2v) is 6.04. The van der Waals surface area contributed by atoms with E-state index in [0.29, 0.717) is 15.8 Å². The Morgan fingerprint density at radius 2 is 2.17 bits per heavy atom. The minimum Gasteiger partial charge on any atom is -0.384 e. The van der Waals surface area contributed by atoms with Crippen molar-refractivity contribution in [1.29, 1.82) is 5.41 Å². The Morgan fingerprint density at radius 3 is 2.78 bits per heavy atom. The maximum Gasteiger partial charge on any atom is 0.122 e. The molecule has 2 rings (SSSR count). The van der Waals surface area contributed by atoms with Crippen LogP contribution in [0.1, 0.15) is 24.0 Å². The van der Waals surface area contributed by atoms with E-state index in [1.54, 1.807) is 6.07 Å². The third kappa shape index (κ3) is 3.64. The van der Waals surface area contributed by atoms with Crippen LogP contribution in [0.3, 0.4) is 0 Å². The number of halogens is 1. The van der Waals surface area contributed by atoms with Crippen molar-refractivity contribution in [1.82, 2.24) is 0 Å². The van der Waals surface area contributed by atoms with Gasteiger partial charge in [0.25, 0.3) is 0 Å². The van der Waals surface area contributed by atoms with Gasteiger partial charge >= 0.3 is 0 Å². The van der Waals surface area contributed by atoms with Gasteiger partial charge in [-0.15, -0.1) is 0 Å². The van der Waals surface area contributed by atoms with E-state index in [2.05, 4.69) is 0 Å². The first kappa shape index (κ1) is 13.7. The zero-order chi connectivity index (χ0) is 13.0. The summed E-state index contributed by atoms with van der Waals surface area (Å²) in [6, 6.07) is 5.59. The zero-order valence-corrected chi connectivity index (χ0v) is 11.7. The number of hydrogen-bond acceptors (Lipinski definition) is 3. The van der Waals surface area contributed by atoms with Gasteiger partial charge in [-0.1, -0.05) is 23.7 Å². The van der Waals surface area contributed by atoms with E-state index >= 15 is 0 Å². The number of benzene rings is 1. The summed E-state index contributed by atoms with van der Waals surface area (Å²) in [6.07, 6.45) is 2.24. The molecule has 18 heavy (non-hydrogen) atoms. The zero-order valence-electron chi connectivity index (χ0n) is 10.1. The molecule has 1 aliphatic heterocycles. The summed E-state index contributed by atoms with van der Waals surface area (Å²) in [6.45, 7) is 1.74. The molecule has 0 unspecified atom stereocenters. The number of hydrogen-bond donors (Lipinski definition) is 2. The van der Waals surface area contributed by atoms with Gasteiger partial charge in [0.15, 0.2) is 0 Å². The summed E-state index contributed by atoms with van der Waals surface area (Å²) < 4.78 is 5.34. The molecule has 1 heterocycles. The lowest BCUT2D eigenvalue weighted by Gasteiger charge is -2.21. The summed E-state index contributed by atoms with van der Waals surface area (Å²) in [5.74, 6) is 0.960. The Labute approximate surface area is 117 Å². The van der Waals surface area contributed by atoms with Gasteiger partial charge in [0.05, 0.1) is 0 Å². The average Bonchev–Trinajstić information content (AvgIpc) is 2.38. The molecule has 0 aromatic heterocycles. The molecule has 1 aliphatic rings. The van der Waals surface area contributed by atoms with E-state index in [4.69, 9.17) is 27.5 Å². The van der Waals surface area contributed by atoms with E-state index in [1.807, 2.05) is 23.9 Å². The molecule has 0 saturated carbocycles. The topological polar surface area (TPSA) is 59.1 Å². The smallest absolute Gasteiger partial charge is 0.122 e. The van der Waals surface area contributed by atoms with Crippen LogP contribution in [0.15, 0.2) is 18.2 Å². The standard InChI is InChI=1S/C13H17ClN2OS/c14-12-7-9(13(15)16)1-2-10(12)8-18-11-3-5-17-6-4-11/h1-2,7,11H,3-6,8H2,(H3,15,16). The Kier molecular flexibility index (Phi) is 4.92. The Morgan fingerprint density at radius 1 is 1.44 bits per heavy atom. The summed E-state index contributed by atoms with van der Waals surface area (Å²) >= 11 is 8.13. The average molecular weight is 285 g/mol. The predicted octanol–water partition coefficient (Wildman–Crippen LogP) is 3.04. The molecule has 98 valence electrons. The van der Waals surface area contributed by atoms with E-state index in [-0.39, 0.29) is 5.84 Å². The monoisotopic (exact) mass is 284 g/mol. The van der Waals surface area contributed by atoms with Crippen molar-refractivity contribution in [2.45, 2.75) is 23.8 Å². The van der Waals surface area contributed by atoms with E-state index in [1.165, 1.54) is 0 Å². The van der Waals surface area contributed by atoms with E-state index in [9.17, 15) is 0 Å². The first-order chi connectivity index (χ1) is 8.66. The maximum absolute atomic E-state index is 7.36. The minimum absolute atomic E-state index is 0.0560. The molecule has 1 aromatic carbocycles. The Balaban J connectivity index is 1.94. The van der Waals surface area contributed by atoms with Gasteiger partial charge in [-0.2, -0.15) is 11.8 Å². The van der Waals surface area contributed by atoms with Crippen molar-refractivity contribution in [3.8, 4) is 0 Å². The largest absolute Gasteiger partial charge is 0.384 e. The molecule has 0 aliphatic carbocycles. The van der Waals surface area contributed by atoms with Crippen LogP contribution in [0, 0.1) is 5.41 Å². The van der Waals surface area contributed by atoms with Crippen LogP contribution in [0.2, 0.25) is 5.02 Å². The van der Waals surface area contributed by atoms with Crippen LogP contribution in [-0.2, 0) is 10.5 Å². The first-order valence-electron chi connectivity index (χ1n) is 5.99. The van der Waals surface area contributed by atoms with Gasteiger partial charge < -0.3 is 10.5 Å². The molecule has 0 atom stereocenters. The highest BCUT2D eigenvalue weighted by Crippen LogP contribution is 2.28. The quantitative estimate of drug-likeness (QED) is 0.660. The van der Waals surface area contributed by atoms with Gasteiger partial charge in [-0.05, 0) is 24.5 Å². The van der Waals surface area contributed by atoms with Crippen molar-refractivity contribution in [3.05, 3.63) is 34.3 Å². The first-order valence-corrected chi connectivity index (χ1v) is 7.41. The minimum atomic E-state index is 0.0560. The molecule has 0 bridgehead atoms. The lowest BCUT2D eigenvalue weighted by Crippen LogP contribution is -2.17. The fraction of sp³-hybridized carbons (Fsp3) is 0.462. The fourth-order valence-electron chi connectivity index (χ4n) is 1.88. The molecule has 5 heteroatoms. The number of ether oxygens (including phenoxy) is 1. The number of thioether (sulfide) groups is 1. The van der Waals surface area contributed by atoms with Crippen LogP contribution in [-0.4, -0.2) is 24.3 Å². The number of nitrogens with one attached hydrogen (secondary N) is 1. The highest BCUT2D eigenvalue weighted by atomic mass is 35.5. The third-order valence-corrected chi connectivity index (χ3v) is 4.78. The molecule has 1 saturated heterocycles. The van der Waals surface area contributed by atoms with Gasteiger partial charge in [0.2, 0.25) is 0 Å². The Hall–Kier alpha value is -0.710. The predicted molar refractivity (Wildman–Crippen MR) is 77.6 cm³/mol. The molecular formula is C13H17ClN2OS. The van der Waals surface area contributed by atoms with Gasteiger partial charge in [0, 0.05) is 34.8 Å². The highest BCUT2D eigenvalue weighted by molar-refractivity contribution is 7.99. The molecule has 3 N–H and O–H groups in total. The van der Waals surface area contributed by atoms with Crippen LogP contribution in [0.5, 0.6) is 0 Å². The summed E-state index contributed by atoms with van der Waals surface area (Å²) in [7, 11) is 0. The lowest BCUT2D eigenvalue weighted by atomic mass is 10.1. The molecule has 0 spiro atoms. The van der Waals surface area contributed by atoms with Gasteiger partial charge in [-0.3, -0.25) is 5.41 Å². The van der Waals surface area contributed by atoms with Crippen molar-refractivity contribution < 1.29 is 4.74 Å². The van der Waals surface area contributed by atoms with Crippen molar-refractivity contribution >= 4 is 29.2 Å². The molecule has 0 radical (unpaired) electrons. The lowest BCUT2D eigenvalue weighted by molar-refractivity contribution is 0.1000. The number of rotatable bonds is 4. The Bertz CT molecular complexity index is 433. The van der Waals surface area contributed by atoms with Crippen LogP contribution in [0.4, 0.5) is 0 Å². The third-order valence-electron chi connectivity index (χ3n) is 3.01. The van der Waals surface area contributed by atoms with Crippen LogP contribution >= 0.6 is 23.4 Å². The normalized spacial score (nSPS) is 16.7. The van der Waals surface area contributed by atoms with Crippen molar-refractivity contribution in [2.75, 3.05) is 13.2 Å². The van der Waals surface area contributed by atoms with Gasteiger partial charge in [-0.25, -0.2) is 0 Å². The number of nitrogen functional groups attached to an aromatic ring is 1. The molecule has 1 aromatic rings. The summed E-state index contributed by atoms with van der Waals surface area (Å²) in [4.78, 5) is 0. The molecule has 1 fully saturated rings. The van der Waals surface area contributed by atoms with E-state index < -0.39 is 0 Å².